The van der Waals surface area contributed by atoms with Gasteiger partial charge < -0.3 is 9.84 Å². The van der Waals surface area contributed by atoms with Gasteiger partial charge in [0, 0.05) is 17.1 Å². The molecule has 0 amide bonds. The molecule has 0 aliphatic carbocycles. The lowest BCUT2D eigenvalue weighted by Gasteiger charge is -2.25. The Hall–Kier alpha value is -0.160. The number of benzene rings is 1. The molecule has 0 heterocycles. The van der Waals surface area contributed by atoms with Gasteiger partial charge in [-0.25, -0.2) is 4.39 Å². The molecular weight excluding hydrogens is 310 g/mol. The summed E-state index contributed by atoms with van der Waals surface area (Å²) >= 11 is 8.91. The van der Waals surface area contributed by atoms with Crippen molar-refractivity contribution in [2.45, 2.75) is 26.1 Å². The largest absolute Gasteiger partial charge is 0.386 e. The highest BCUT2D eigenvalue weighted by Gasteiger charge is 2.27. The van der Waals surface area contributed by atoms with E-state index < -0.39 is 18.0 Å². The Morgan fingerprint density at radius 3 is 2.47 bits per heavy atom. The summed E-state index contributed by atoms with van der Waals surface area (Å²) in [5.74, 6) is -0.548. The van der Waals surface area contributed by atoms with Gasteiger partial charge in [-0.15, -0.1) is 0 Å². The van der Waals surface area contributed by atoms with Crippen LogP contribution >= 0.6 is 27.5 Å². The first kappa shape index (κ1) is 14.9. The zero-order valence-electron chi connectivity index (χ0n) is 9.88. The van der Waals surface area contributed by atoms with E-state index in [0.717, 1.165) is 0 Å². The zero-order valence-corrected chi connectivity index (χ0v) is 12.2. The number of halogens is 3. The molecule has 0 saturated carbocycles. The van der Waals surface area contributed by atoms with Crippen LogP contribution in [0.3, 0.4) is 0 Å². The van der Waals surface area contributed by atoms with Gasteiger partial charge in [-0.3, -0.25) is 0 Å². The Bertz CT molecular complexity index is 398. The third-order valence-electron chi connectivity index (χ3n) is 2.62. The fourth-order valence-corrected chi connectivity index (χ4v) is 2.19. The van der Waals surface area contributed by atoms with Gasteiger partial charge in [0.2, 0.25) is 0 Å². The molecular formula is C12H15BrClFO2. The van der Waals surface area contributed by atoms with E-state index in [1.165, 1.54) is 13.2 Å². The molecule has 0 spiro atoms. The van der Waals surface area contributed by atoms with Crippen molar-refractivity contribution in [3.8, 4) is 0 Å². The summed E-state index contributed by atoms with van der Waals surface area (Å²) in [4.78, 5) is 0. The van der Waals surface area contributed by atoms with Crippen molar-refractivity contribution < 1.29 is 14.2 Å². The lowest BCUT2D eigenvalue weighted by Crippen LogP contribution is -2.27. The summed E-state index contributed by atoms with van der Waals surface area (Å²) in [5.41, 5.74) is 0.152. The zero-order chi connectivity index (χ0) is 13.2. The van der Waals surface area contributed by atoms with Gasteiger partial charge in [0.05, 0.1) is 11.1 Å². The Balaban J connectivity index is 3.12. The lowest BCUT2D eigenvalue weighted by atomic mass is 9.95. The number of hydrogen-bond donors (Lipinski definition) is 1. The molecule has 0 fully saturated rings. The molecule has 96 valence electrons. The Labute approximate surface area is 114 Å². The van der Waals surface area contributed by atoms with Crippen LogP contribution in [-0.2, 0) is 4.74 Å². The predicted molar refractivity (Wildman–Crippen MR) is 69.7 cm³/mol. The van der Waals surface area contributed by atoms with Crippen LogP contribution in [0.2, 0.25) is 5.02 Å². The molecule has 2 atom stereocenters. The SMILES string of the molecule is COC(C(C)C)C(O)c1ccc(Br)c(Cl)c1F. The van der Waals surface area contributed by atoms with Crippen molar-refractivity contribution in [2.24, 2.45) is 5.92 Å². The second-order valence-electron chi connectivity index (χ2n) is 4.15. The monoisotopic (exact) mass is 324 g/mol. The van der Waals surface area contributed by atoms with Crippen molar-refractivity contribution in [3.05, 3.63) is 33.0 Å². The fourth-order valence-electron chi connectivity index (χ4n) is 1.71. The first-order chi connectivity index (χ1) is 7.90. The third kappa shape index (κ3) is 3.19. The minimum Gasteiger partial charge on any atom is -0.386 e. The lowest BCUT2D eigenvalue weighted by molar-refractivity contribution is -0.0404. The van der Waals surface area contributed by atoms with E-state index >= 15 is 0 Å². The minimum absolute atomic E-state index is 0.0276. The maximum Gasteiger partial charge on any atom is 0.148 e. The van der Waals surface area contributed by atoms with Crippen LogP contribution in [0, 0.1) is 11.7 Å². The molecule has 1 N–H and O–H groups in total. The summed E-state index contributed by atoms with van der Waals surface area (Å²) in [7, 11) is 1.49. The van der Waals surface area contributed by atoms with Crippen LogP contribution in [0.15, 0.2) is 16.6 Å². The molecule has 1 aromatic carbocycles. The normalized spacial score (nSPS) is 15.1. The minimum atomic E-state index is -1.04. The van der Waals surface area contributed by atoms with Crippen LogP contribution in [0.25, 0.3) is 0 Å². The van der Waals surface area contributed by atoms with E-state index in [0.29, 0.717) is 4.47 Å². The summed E-state index contributed by atoms with van der Waals surface area (Å²) in [6.45, 7) is 3.80. The van der Waals surface area contributed by atoms with E-state index in [-0.39, 0.29) is 16.5 Å². The summed E-state index contributed by atoms with van der Waals surface area (Å²) in [6.07, 6.45) is -1.51. The van der Waals surface area contributed by atoms with Gasteiger partial charge in [-0.1, -0.05) is 31.5 Å². The van der Waals surface area contributed by atoms with E-state index in [9.17, 15) is 9.50 Å². The van der Waals surface area contributed by atoms with Crippen molar-refractivity contribution in [1.82, 2.24) is 0 Å². The number of hydrogen-bond acceptors (Lipinski definition) is 2. The van der Waals surface area contributed by atoms with Gasteiger partial charge >= 0.3 is 0 Å². The molecule has 0 saturated heterocycles. The van der Waals surface area contributed by atoms with Gasteiger partial charge in [0.25, 0.3) is 0 Å². The van der Waals surface area contributed by atoms with Crippen LogP contribution in [0.4, 0.5) is 4.39 Å². The van der Waals surface area contributed by atoms with Gasteiger partial charge in [0.15, 0.2) is 0 Å². The third-order valence-corrected chi connectivity index (χ3v) is 3.88. The maximum absolute atomic E-state index is 13.9. The molecule has 0 bridgehead atoms. The average Bonchev–Trinajstić information content (AvgIpc) is 2.26. The highest BCUT2D eigenvalue weighted by molar-refractivity contribution is 9.10. The second-order valence-corrected chi connectivity index (χ2v) is 5.39. The van der Waals surface area contributed by atoms with E-state index in [1.54, 1.807) is 6.07 Å². The van der Waals surface area contributed by atoms with E-state index in [4.69, 9.17) is 16.3 Å². The number of rotatable bonds is 4. The smallest absolute Gasteiger partial charge is 0.148 e. The van der Waals surface area contributed by atoms with Crippen molar-refractivity contribution in [1.29, 1.82) is 0 Å². The van der Waals surface area contributed by atoms with Crippen LogP contribution in [-0.4, -0.2) is 18.3 Å². The fraction of sp³-hybridized carbons (Fsp3) is 0.500. The number of aliphatic hydroxyl groups is 1. The molecule has 0 aromatic heterocycles. The Morgan fingerprint density at radius 1 is 1.41 bits per heavy atom. The highest BCUT2D eigenvalue weighted by atomic mass is 79.9. The van der Waals surface area contributed by atoms with Crippen LogP contribution in [0.1, 0.15) is 25.5 Å². The number of methoxy groups -OCH3 is 1. The summed E-state index contributed by atoms with van der Waals surface area (Å²) in [6, 6.07) is 3.11. The Kier molecular flexibility index (Phi) is 5.38. The Morgan fingerprint density at radius 2 is 2.00 bits per heavy atom. The van der Waals surface area contributed by atoms with Crippen LogP contribution < -0.4 is 0 Å². The number of ether oxygens (including phenoxy) is 1. The molecule has 1 rings (SSSR count). The molecule has 0 aliphatic heterocycles. The molecule has 2 nitrogen and oxygen atoms in total. The van der Waals surface area contributed by atoms with Crippen molar-refractivity contribution >= 4 is 27.5 Å². The second kappa shape index (κ2) is 6.14. The van der Waals surface area contributed by atoms with Gasteiger partial charge in [0.1, 0.15) is 11.9 Å². The summed E-state index contributed by atoms with van der Waals surface area (Å²) < 4.78 is 19.5. The average molecular weight is 326 g/mol. The van der Waals surface area contributed by atoms with Gasteiger partial charge in [-0.05, 0) is 27.9 Å². The predicted octanol–water partition coefficient (Wildman–Crippen LogP) is 3.95. The molecule has 2 unspecified atom stereocenters. The first-order valence-electron chi connectivity index (χ1n) is 5.24. The quantitative estimate of drug-likeness (QED) is 0.850. The topological polar surface area (TPSA) is 29.5 Å². The first-order valence-corrected chi connectivity index (χ1v) is 6.41. The number of aliphatic hydroxyl groups excluding tert-OH is 1. The molecule has 1 aromatic rings. The van der Waals surface area contributed by atoms with Crippen LogP contribution in [0.5, 0.6) is 0 Å². The maximum atomic E-state index is 13.9. The molecule has 5 heteroatoms. The molecule has 0 radical (unpaired) electrons. The standard InChI is InChI=1S/C12H15BrClFO2/c1-6(2)12(17-3)11(16)7-4-5-8(13)9(14)10(7)15/h4-6,11-12,16H,1-3H3. The molecule has 17 heavy (non-hydrogen) atoms. The van der Waals surface area contributed by atoms with Crippen molar-refractivity contribution in [3.63, 3.8) is 0 Å². The van der Waals surface area contributed by atoms with E-state index in [1.807, 2.05) is 13.8 Å². The van der Waals surface area contributed by atoms with Crippen molar-refractivity contribution in [2.75, 3.05) is 7.11 Å². The summed E-state index contributed by atoms with van der Waals surface area (Å²) in [5, 5.41) is 10.1. The van der Waals surface area contributed by atoms with E-state index in [2.05, 4.69) is 15.9 Å². The highest BCUT2D eigenvalue weighted by Crippen LogP contribution is 2.33. The molecule has 0 aliphatic rings. The van der Waals surface area contributed by atoms with Gasteiger partial charge in [-0.2, -0.15) is 0 Å².